The third kappa shape index (κ3) is 3.64. The van der Waals surface area contributed by atoms with E-state index in [1.165, 1.54) is 11.3 Å². The van der Waals surface area contributed by atoms with Crippen LogP contribution < -0.4 is 10.5 Å². The first-order valence-electron chi connectivity index (χ1n) is 6.73. The molecular weight excluding hydrogens is 304 g/mol. The fourth-order valence-electron chi connectivity index (χ4n) is 2.30. The number of nitrogens with two attached hydrogens (primary N) is 1. The summed E-state index contributed by atoms with van der Waals surface area (Å²) >= 11 is 1.27. The van der Waals surface area contributed by atoms with Gasteiger partial charge in [-0.1, -0.05) is 17.7 Å². The predicted molar refractivity (Wildman–Crippen MR) is 88.5 cm³/mol. The largest absolute Gasteiger partial charge is 0.330 e. The Labute approximate surface area is 130 Å². The summed E-state index contributed by atoms with van der Waals surface area (Å²) in [6.07, 6.45) is 0.697. The van der Waals surface area contributed by atoms with Crippen molar-refractivity contribution in [2.45, 2.75) is 31.4 Å². The molecule has 0 bridgehead atoms. The van der Waals surface area contributed by atoms with Crippen LogP contribution in [0.25, 0.3) is 0 Å². The van der Waals surface area contributed by atoms with Crippen LogP contribution in [0.3, 0.4) is 0 Å². The van der Waals surface area contributed by atoms with Crippen LogP contribution in [0.5, 0.6) is 0 Å². The summed E-state index contributed by atoms with van der Waals surface area (Å²) in [4.78, 5) is 0.982. The van der Waals surface area contributed by atoms with Crippen LogP contribution in [0.15, 0.2) is 28.5 Å². The molecule has 0 amide bonds. The molecule has 0 atom stereocenters. The molecule has 21 heavy (non-hydrogen) atoms. The third-order valence-corrected chi connectivity index (χ3v) is 6.19. The van der Waals surface area contributed by atoms with E-state index >= 15 is 0 Å². The fourth-order valence-corrected chi connectivity index (χ4v) is 4.88. The maximum Gasteiger partial charge on any atom is 0.271 e. The zero-order valence-corrected chi connectivity index (χ0v) is 14.1. The lowest BCUT2D eigenvalue weighted by molar-refractivity contribution is 0.603. The van der Waals surface area contributed by atoms with Gasteiger partial charge in [-0.15, -0.1) is 11.3 Å². The quantitative estimate of drug-likeness (QED) is 0.888. The van der Waals surface area contributed by atoms with Gasteiger partial charge in [-0.25, -0.2) is 8.42 Å². The van der Waals surface area contributed by atoms with E-state index in [4.69, 9.17) is 5.73 Å². The predicted octanol–water partition coefficient (Wildman–Crippen LogP) is 2.98. The lowest BCUT2D eigenvalue weighted by Crippen LogP contribution is -2.13. The average Bonchev–Trinajstić information content (AvgIpc) is 2.84. The van der Waals surface area contributed by atoms with Crippen molar-refractivity contribution in [2.24, 2.45) is 5.73 Å². The molecule has 4 nitrogen and oxygen atoms in total. The van der Waals surface area contributed by atoms with Gasteiger partial charge in [-0.05, 0) is 57.0 Å². The highest BCUT2D eigenvalue weighted by Gasteiger charge is 2.19. The monoisotopic (exact) mass is 324 g/mol. The lowest BCUT2D eigenvalue weighted by atomic mass is 10.1. The number of nitrogens with one attached hydrogen (secondary N) is 1. The van der Waals surface area contributed by atoms with Crippen molar-refractivity contribution in [3.05, 3.63) is 45.8 Å². The van der Waals surface area contributed by atoms with Crippen molar-refractivity contribution in [3.8, 4) is 0 Å². The standard InChI is InChI=1S/C15H20N2O2S2/c1-10-8-11(2)15(12(3)9-10)17-21(18,19)14-5-4-13(20-14)6-7-16/h4-5,8-9,17H,6-7,16H2,1-3H3. The van der Waals surface area contributed by atoms with Gasteiger partial charge >= 0.3 is 0 Å². The van der Waals surface area contributed by atoms with Crippen LogP contribution in [0, 0.1) is 20.8 Å². The number of sulfonamides is 1. The van der Waals surface area contributed by atoms with Crippen LogP contribution in [-0.2, 0) is 16.4 Å². The van der Waals surface area contributed by atoms with E-state index in [0.29, 0.717) is 22.9 Å². The van der Waals surface area contributed by atoms with Crippen molar-refractivity contribution in [1.29, 1.82) is 0 Å². The Morgan fingerprint density at radius 3 is 2.33 bits per heavy atom. The van der Waals surface area contributed by atoms with Crippen LogP contribution >= 0.6 is 11.3 Å². The van der Waals surface area contributed by atoms with Gasteiger partial charge in [-0.3, -0.25) is 4.72 Å². The van der Waals surface area contributed by atoms with Gasteiger partial charge in [0.1, 0.15) is 4.21 Å². The van der Waals surface area contributed by atoms with Crippen LogP contribution in [0.4, 0.5) is 5.69 Å². The second-order valence-corrected chi connectivity index (χ2v) is 8.22. The molecule has 0 aliphatic heterocycles. The molecule has 0 saturated heterocycles. The van der Waals surface area contributed by atoms with E-state index in [1.54, 1.807) is 6.07 Å². The number of rotatable bonds is 5. The minimum absolute atomic E-state index is 0.324. The Balaban J connectivity index is 2.33. The highest BCUT2D eigenvalue weighted by Crippen LogP contribution is 2.28. The molecule has 2 aromatic rings. The highest BCUT2D eigenvalue weighted by atomic mass is 32.2. The minimum Gasteiger partial charge on any atom is -0.330 e. The molecule has 0 fully saturated rings. The molecule has 114 valence electrons. The molecule has 0 spiro atoms. The second kappa shape index (κ2) is 6.17. The van der Waals surface area contributed by atoms with Gasteiger partial charge in [0.25, 0.3) is 10.0 Å². The van der Waals surface area contributed by atoms with Crippen molar-refractivity contribution < 1.29 is 8.42 Å². The summed E-state index contributed by atoms with van der Waals surface area (Å²) in [5, 5.41) is 0. The summed E-state index contributed by atoms with van der Waals surface area (Å²) in [6, 6.07) is 7.40. The smallest absolute Gasteiger partial charge is 0.271 e. The molecule has 0 aliphatic carbocycles. The van der Waals surface area contributed by atoms with E-state index in [0.717, 1.165) is 21.6 Å². The first-order chi connectivity index (χ1) is 9.83. The molecule has 0 saturated carbocycles. The normalized spacial score (nSPS) is 11.6. The summed E-state index contributed by atoms with van der Waals surface area (Å²) < 4.78 is 28.0. The number of aryl methyl sites for hydroxylation is 3. The average molecular weight is 324 g/mol. The Kier molecular flexibility index (Phi) is 4.70. The minimum atomic E-state index is -3.54. The van der Waals surface area contributed by atoms with Gasteiger partial charge < -0.3 is 5.73 Å². The highest BCUT2D eigenvalue weighted by molar-refractivity contribution is 7.94. The van der Waals surface area contributed by atoms with E-state index in [9.17, 15) is 8.42 Å². The van der Waals surface area contributed by atoms with Crippen molar-refractivity contribution in [3.63, 3.8) is 0 Å². The van der Waals surface area contributed by atoms with Gasteiger partial charge in [0, 0.05) is 4.88 Å². The molecule has 0 aliphatic rings. The first kappa shape index (κ1) is 16.0. The Morgan fingerprint density at radius 1 is 1.14 bits per heavy atom. The maximum absolute atomic E-state index is 12.5. The third-order valence-electron chi connectivity index (χ3n) is 3.21. The molecule has 1 heterocycles. The molecule has 1 aromatic carbocycles. The van der Waals surface area contributed by atoms with E-state index < -0.39 is 10.0 Å². The van der Waals surface area contributed by atoms with Crippen LogP contribution in [0.2, 0.25) is 0 Å². The van der Waals surface area contributed by atoms with Gasteiger partial charge in [0.2, 0.25) is 0 Å². The zero-order chi connectivity index (χ0) is 15.6. The van der Waals surface area contributed by atoms with Crippen molar-refractivity contribution in [1.82, 2.24) is 0 Å². The summed E-state index contributed by atoms with van der Waals surface area (Å²) in [7, 11) is -3.54. The first-order valence-corrected chi connectivity index (χ1v) is 9.03. The molecular formula is C15H20N2O2S2. The number of thiophene rings is 1. The lowest BCUT2D eigenvalue weighted by Gasteiger charge is -2.13. The van der Waals surface area contributed by atoms with Gasteiger partial charge in [-0.2, -0.15) is 0 Å². The molecule has 1 aromatic heterocycles. The second-order valence-electron chi connectivity index (χ2n) is 5.14. The summed E-state index contributed by atoms with van der Waals surface area (Å²) in [5.74, 6) is 0. The van der Waals surface area contributed by atoms with Gasteiger partial charge in [0.15, 0.2) is 0 Å². The Bertz CT molecular complexity index is 726. The molecule has 3 N–H and O–H groups in total. The number of hydrogen-bond acceptors (Lipinski definition) is 4. The maximum atomic E-state index is 12.5. The van der Waals surface area contributed by atoms with E-state index in [1.807, 2.05) is 39.0 Å². The Hall–Kier alpha value is -1.37. The van der Waals surface area contributed by atoms with Crippen LogP contribution in [-0.4, -0.2) is 15.0 Å². The summed E-state index contributed by atoms with van der Waals surface area (Å²) in [5.41, 5.74) is 9.13. The molecule has 0 unspecified atom stereocenters. The summed E-state index contributed by atoms with van der Waals surface area (Å²) in [6.45, 7) is 6.33. The fraction of sp³-hybridized carbons (Fsp3) is 0.333. The topological polar surface area (TPSA) is 72.2 Å². The number of hydrogen-bond donors (Lipinski definition) is 2. The molecule has 6 heteroatoms. The molecule has 0 radical (unpaired) electrons. The van der Waals surface area contributed by atoms with E-state index in [2.05, 4.69) is 4.72 Å². The van der Waals surface area contributed by atoms with Crippen molar-refractivity contribution in [2.75, 3.05) is 11.3 Å². The van der Waals surface area contributed by atoms with Crippen molar-refractivity contribution >= 4 is 27.0 Å². The number of anilines is 1. The van der Waals surface area contributed by atoms with E-state index in [-0.39, 0.29) is 0 Å². The Morgan fingerprint density at radius 2 is 1.76 bits per heavy atom. The van der Waals surface area contributed by atoms with Gasteiger partial charge in [0.05, 0.1) is 5.69 Å². The van der Waals surface area contributed by atoms with Crippen LogP contribution in [0.1, 0.15) is 21.6 Å². The molecule has 2 rings (SSSR count). The zero-order valence-electron chi connectivity index (χ0n) is 12.4. The number of benzene rings is 1. The SMILES string of the molecule is Cc1cc(C)c(NS(=O)(=O)c2ccc(CCN)s2)c(C)c1.